The van der Waals surface area contributed by atoms with Crippen LogP contribution >= 0.6 is 0 Å². The van der Waals surface area contributed by atoms with Crippen LogP contribution in [0.25, 0.3) is 0 Å². The van der Waals surface area contributed by atoms with Gasteiger partial charge in [0.25, 0.3) is 0 Å². The molecule has 0 bridgehead atoms. The van der Waals surface area contributed by atoms with Crippen LogP contribution in [0.15, 0.2) is 24.3 Å². The van der Waals surface area contributed by atoms with E-state index >= 15 is 0 Å². The smallest absolute Gasteiger partial charge is 0.237 e. The molecule has 1 amide bonds. The van der Waals surface area contributed by atoms with E-state index in [0.29, 0.717) is 13.0 Å². The summed E-state index contributed by atoms with van der Waals surface area (Å²) < 4.78 is 24.0. The van der Waals surface area contributed by atoms with Gasteiger partial charge in [-0.1, -0.05) is 25.0 Å². The number of nitrogens with zero attached hydrogens (tertiary/aromatic N) is 3. The number of rotatable bonds is 5. The minimum atomic E-state index is -3.02. The third-order valence-corrected chi connectivity index (χ3v) is 8.31. The van der Waals surface area contributed by atoms with Crippen molar-refractivity contribution in [2.24, 2.45) is 0 Å². The van der Waals surface area contributed by atoms with Gasteiger partial charge in [0, 0.05) is 38.3 Å². The number of benzene rings is 1. The number of phenols is 1. The lowest BCUT2D eigenvalue weighted by Gasteiger charge is -2.39. The third-order valence-electron chi connectivity index (χ3n) is 6.56. The number of para-hydroxylation sites is 2. The molecular formula is C21H31N3O4S. The van der Waals surface area contributed by atoms with Gasteiger partial charge in [0.15, 0.2) is 9.84 Å². The van der Waals surface area contributed by atoms with Crippen LogP contribution in [-0.4, -0.2) is 85.5 Å². The molecule has 1 N–H and O–H groups in total. The second-order valence-electron chi connectivity index (χ2n) is 8.55. The summed E-state index contributed by atoms with van der Waals surface area (Å²) >= 11 is 0. The second-order valence-corrected chi connectivity index (χ2v) is 10.8. The van der Waals surface area contributed by atoms with Gasteiger partial charge >= 0.3 is 0 Å². The Morgan fingerprint density at radius 2 is 1.72 bits per heavy atom. The van der Waals surface area contributed by atoms with E-state index < -0.39 is 9.84 Å². The Morgan fingerprint density at radius 1 is 1.03 bits per heavy atom. The van der Waals surface area contributed by atoms with E-state index in [0.717, 1.165) is 57.5 Å². The molecule has 29 heavy (non-hydrogen) atoms. The highest BCUT2D eigenvalue weighted by molar-refractivity contribution is 7.91. The first-order valence-corrected chi connectivity index (χ1v) is 12.5. The predicted molar refractivity (Wildman–Crippen MR) is 113 cm³/mol. The van der Waals surface area contributed by atoms with Gasteiger partial charge in [-0.05, 0) is 31.4 Å². The minimum absolute atomic E-state index is 0.0787. The highest BCUT2D eigenvalue weighted by atomic mass is 32.2. The topological polar surface area (TPSA) is 81.2 Å². The summed E-state index contributed by atoms with van der Waals surface area (Å²) in [5, 5.41) is 10.1. The first-order chi connectivity index (χ1) is 13.9. The number of hydrogen-bond acceptors (Lipinski definition) is 6. The molecule has 2 saturated heterocycles. The quantitative estimate of drug-likeness (QED) is 0.776. The minimum Gasteiger partial charge on any atom is -0.506 e. The summed E-state index contributed by atoms with van der Waals surface area (Å²) in [7, 11) is -3.02. The Balaban J connectivity index is 1.37. The number of carbonyl (C=O) groups excluding carboxylic acids is 1. The Morgan fingerprint density at radius 3 is 2.34 bits per heavy atom. The summed E-state index contributed by atoms with van der Waals surface area (Å²) in [4.78, 5) is 19.5. The van der Waals surface area contributed by atoms with Crippen LogP contribution in [-0.2, 0) is 14.6 Å². The number of piperazine rings is 1. The lowest BCUT2D eigenvalue weighted by molar-refractivity contribution is -0.137. The highest BCUT2D eigenvalue weighted by Gasteiger charge is 2.39. The largest absolute Gasteiger partial charge is 0.506 e. The normalized spacial score (nSPS) is 25.4. The monoisotopic (exact) mass is 421 g/mol. The predicted octanol–water partition coefficient (Wildman–Crippen LogP) is 1.47. The second kappa shape index (κ2) is 8.52. The van der Waals surface area contributed by atoms with Gasteiger partial charge < -0.3 is 14.9 Å². The van der Waals surface area contributed by atoms with Gasteiger partial charge in [-0.2, -0.15) is 0 Å². The number of phenolic OH excluding ortho intramolecular Hbond substituents is 1. The molecule has 2 heterocycles. The van der Waals surface area contributed by atoms with Crippen LogP contribution in [0.3, 0.4) is 0 Å². The Bertz CT molecular complexity index is 830. The highest BCUT2D eigenvalue weighted by Crippen LogP contribution is 2.30. The van der Waals surface area contributed by atoms with Gasteiger partial charge in [-0.3, -0.25) is 9.69 Å². The summed E-state index contributed by atoms with van der Waals surface area (Å²) in [6.07, 6.45) is 4.79. The third kappa shape index (κ3) is 4.69. The van der Waals surface area contributed by atoms with E-state index in [2.05, 4.69) is 9.80 Å². The Kier molecular flexibility index (Phi) is 6.01. The molecule has 1 aromatic carbocycles. The first kappa shape index (κ1) is 20.5. The van der Waals surface area contributed by atoms with Crippen LogP contribution in [0.5, 0.6) is 5.75 Å². The Hall–Kier alpha value is -1.80. The van der Waals surface area contributed by atoms with Gasteiger partial charge in [-0.15, -0.1) is 0 Å². The fourth-order valence-corrected chi connectivity index (χ4v) is 6.75. The average molecular weight is 422 g/mol. The maximum Gasteiger partial charge on any atom is 0.237 e. The lowest BCUT2D eigenvalue weighted by Crippen LogP contribution is -2.54. The Labute approximate surface area is 173 Å². The van der Waals surface area contributed by atoms with Gasteiger partial charge in [0.2, 0.25) is 5.91 Å². The fraction of sp³-hybridized carbons (Fsp3) is 0.667. The number of sulfone groups is 1. The molecule has 0 aromatic heterocycles. The van der Waals surface area contributed by atoms with Gasteiger partial charge in [0.05, 0.1) is 23.7 Å². The first-order valence-electron chi connectivity index (χ1n) is 10.7. The summed E-state index contributed by atoms with van der Waals surface area (Å²) in [5.74, 6) is 0.686. The molecule has 0 unspecified atom stereocenters. The van der Waals surface area contributed by atoms with Crippen molar-refractivity contribution >= 4 is 21.4 Å². The van der Waals surface area contributed by atoms with E-state index in [1.54, 1.807) is 6.07 Å². The molecule has 0 spiro atoms. The molecular weight excluding hydrogens is 390 g/mol. The SMILES string of the molecule is O=C(CN1CCN(c2ccccc2O)CC1)N(C1CCCC1)[C@H]1CCS(=O)(=O)C1. The maximum absolute atomic E-state index is 13.2. The number of carbonyl (C=O) groups is 1. The van der Waals surface area contributed by atoms with Crippen molar-refractivity contribution < 1.29 is 18.3 Å². The molecule has 0 radical (unpaired) electrons. The van der Waals surface area contributed by atoms with Crippen molar-refractivity contribution in [3.8, 4) is 5.75 Å². The standard InChI is InChI=1S/C21H31N3O4S/c25-20-8-4-3-7-19(20)23-12-10-22(11-13-23)15-21(26)24(17-5-1-2-6-17)18-9-14-29(27,28)16-18/h3-4,7-8,17-18,25H,1-2,5-6,9-16H2/t18-/m0/s1. The van der Waals surface area contributed by atoms with Crippen molar-refractivity contribution in [1.82, 2.24) is 9.80 Å². The maximum atomic E-state index is 13.2. The molecule has 8 heteroatoms. The summed E-state index contributed by atoms with van der Waals surface area (Å²) in [5.41, 5.74) is 0.835. The zero-order chi connectivity index (χ0) is 20.4. The van der Waals surface area contributed by atoms with Gasteiger partial charge in [0.1, 0.15) is 5.75 Å². The van der Waals surface area contributed by atoms with Crippen LogP contribution < -0.4 is 4.90 Å². The zero-order valence-electron chi connectivity index (χ0n) is 16.9. The fourth-order valence-electron chi connectivity index (χ4n) is 5.03. The number of amides is 1. The average Bonchev–Trinajstić information content (AvgIpc) is 3.33. The molecule has 160 valence electrons. The van der Waals surface area contributed by atoms with Crippen LogP contribution in [0, 0.1) is 0 Å². The molecule has 1 atom stereocenters. The van der Waals surface area contributed by atoms with Crippen LogP contribution in [0.1, 0.15) is 32.1 Å². The summed E-state index contributed by atoms with van der Waals surface area (Å²) in [6.45, 7) is 3.36. The molecule has 1 aliphatic carbocycles. The molecule has 1 saturated carbocycles. The molecule has 1 aromatic rings. The molecule has 7 nitrogen and oxygen atoms in total. The molecule has 4 rings (SSSR count). The molecule has 2 aliphatic heterocycles. The molecule has 3 aliphatic rings. The van der Waals surface area contributed by atoms with Crippen molar-refractivity contribution in [3.63, 3.8) is 0 Å². The van der Waals surface area contributed by atoms with E-state index in [9.17, 15) is 18.3 Å². The van der Waals surface area contributed by atoms with E-state index in [1.165, 1.54) is 0 Å². The van der Waals surface area contributed by atoms with E-state index in [4.69, 9.17) is 0 Å². The van der Waals surface area contributed by atoms with Crippen molar-refractivity contribution in [3.05, 3.63) is 24.3 Å². The zero-order valence-corrected chi connectivity index (χ0v) is 17.7. The summed E-state index contributed by atoms with van der Waals surface area (Å²) in [6, 6.07) is 7.38. The number of anilines is 1. The van der Waals surface area contributed by atoms with Crippen molar-refractivity contribution in [1.29, 1.82) is 0 Å². The number of aromatic hydroxyl groups is 1. The van der Waals surface area contributed by atoms with E-state index in [1.807, 2.05) is 23.1 Å². The van der Waals surface area contributed by atoms with Crippen molar-refractivity contribution in [2.75, 3.05) is 49.1 Å². The van der Waals surface area contributed by atoms with Gasteiger partial charge in [-0.25, -0.2) is 8.42 Å². The molecule has 3 fully saturated rings. The van der Waals surface area contributed by atoms with Crippen molar-refractivity contribution in [2.45, 2.75) is 44.2 Å². The lowest BCUT2D eigenvalue weighted by atomic mass is 10.1. The van der Waals surface area contributed by atoms with Crippen LogP contribution in [0.4, 0.5) is 5.69 Å². The van der Waals surface area contributed by atoms with E-state index in [-0.39, 0.29) is 35.2 Å². The van der Waals surface area contributed by atoms with Crippen LogP contribution in [0.2, 0.25) is 0 Å². The number of hydrogen-bond donors (Lipinski definition) is 1.